The minimum Gasteiger partial charge on any atom is -0.331 e. The molecule has 4 rings (SSSR count). The smallest absolute Gasteiger partial charge is 0.269 e. The topological polar surface area (TPSA) is 88.6 Å². The predicted octanol–water partition coefficient (Wildman–Crippen LogP) is 2.52. The van der Waals surface area contributed by atoms with Crippen molar-refractivity contribution in [3.63, 3.8) is 0 Å². The molecule has 2 atom stereocenters. The maximum Gasteiger partial charge on any atom is 0.269 e. The summed E-state index contributed by atoms with van der Waals surface area (Å²) in [6, 6.07) is 6.89. The normalized spacial score (nSPS) is 23.0. The molecule has 1 fully saturated rings. The molecule has 126 valence electrons. The molecule has 3 heterocycles. The number of hydrogen-bond donors (Lipinski definition) is 1. The molecule has 0 bridgehead atoms. The molecular formula is C16H20N6O2. The Hall–Kier alpha value is -2.74. The summed E-state index contributed by atoms with van der Waals surface area (Å²) in [6.07, 6.45) is 4.47. The number of non-ortho nitro benzene ring substituents is 1. The van der Waals surface area contributed by atoms with Gasteiger partial charge in [0.15, 0.2) is 6.17 Å². The molecule has 8 heteroatoms. The average molecular weight is 328 g/mol. The van der Waals surface area contributed by atoms with Crippen molar-refractivity contribution in [2.75, 3.05) is 18.4 Å². The van der Waals surface area contributed by atoms with Crippen LogP contribution in [0.2, 0.25) is 0 Å². The number of aliphatic imine (C=N–C) groups is 1. The molecule has 0 spiro atoms. The Bertz CT molecular complexity index is 803. The Morgan fingerprint density at radius 1 is 1.38 bits per heavy atom. The highest BCUT2D eigenvalue weighted by Crippen LogP contribution is 2.36. The van der Waals surface area contributed by atoms with Crippen LogP contribution in [-0.2, 0) is 7.05 Å². The third-order valence-electron chi connectivity index (χ3n) is 4.77. The molecule has 0 amide bonds. The van der Waals surface area contributed by atoms with Crippen LogP contribution in [-0.4, -0.2) is 38.8 Å². The molecule has 1 saturated heterocycles. The highest BCUT2D eigenvalue weighted by atomic mass is 16.6. The van der Waals surface area contributed by atoms with Crippen LogP contribution in [0.15, 0.2) is 35.6 Å². The van der Waals surface area contributed by atoms with Crippen LogP contribution in [0.1, 0.15) is 31.2 Å². The maximum absolute atomic E-state index is 10.8. The van der Waals surface area contributed by atoms with Gasteiger partial charge in [0.1, 0.15) is 11.5 Å². The van der Waals surface area contributed by atoms with E-state index in [0.717, 1.165) is 36.6 Å². The fourth-order valence-electron chi connectivity index (χ4n) is 3.47. The molecule has 2 aromatic rings. The Kier molecular flexibility index (Phi) is 3.53. The summed E-state index contributed by atoms with van der Waals surface area (Å²) in [5.41, 5.74) is 2.22. The number of nitrogens with zero attached hydrogens (tertiary/aromatic N) is 5. The first-order valence-electron chi connectivity index (χ1n) is 7.91. The van der Waals surface area contributed by atoms with Gasteiger partial charge in [-0.15, -0.1) is 0 Å². The monoisotopic (exact) mass is 328 g/mol. The first-order valence-corrected chi connectivity index (χ1v) is 7.91. The third-order valence-corrected chi connectivity index (χ3v) is 4.77. The summed E-state index contributed by atoms with van der Waals surface area (Å²) in [5, 5.41) is 13.9. The molecule has 2 aliphatic rings. The molecule has 24 heavy (non-hydrogen) atoms. The lowest BCUT2D eigenvalue weighted by atomic mass is 9.98. The number of nitro benzene ring substituents is 1. The number of imidazole rings is 1. The lowest BCUT2D eigenvalue weighted by molar-refractivity contribution is -0.384. The van der Waals surface area contributed by atoms with E-state index in [-0.39, 0.29) is 18.2 Å². The van der Waals surface area contributed by atoms with E-state index in [1.54, 1.807) is 24.8 Å². The molecule has 0 saturated carbocycles. The van der Waals surface area contributed by atoms with Gasteiger partial charge in [0.25, 0.3) is 5.69 Å². The van der Waals surface area contributed by atoms with Crippen molar-refractivity contribution in [2.24, 2.45) is 12.0 Å². The summed E-state index contributed by atoms with van der Waals surface area (Å²) in [4.78, 5) is 21.8. The highest BCUT2D eigenvalue weighted by molar-refractivity contribution is 5.77. The van der Waals surface area contributed by atoms with Crippen molar-refractivity contribution in [3.8, 4) is 0 Å². The number of benzene rings is 1. The number of likely N-dealkylation sites (tertiary alicyclic amines) is 1. The number of nitro groups is 1. The van der Waals surface area contributed by atoms with Crippen molar-refractivity contribution in [3.05, 3.63) is 52.0 Å². The van der Waals surface area contributed by atoms with Crippen LogP contribution in [0.25, 0.3) is 0 Å². The zero-order valence-corrected chi connectivity index (χ0v) is 13.3. The zero-order valence-electron chi connectivity index (χ0n) is 13.3. The molecular weight excluding hydrogens is 308 g/mol. The van der Waals surface area contributed by atoms with Gasteiger partial charge in [-0.3, -0.25) is 15.0 Å². The van der Waals surface area contributed by atoms with Crippen molar-refractivity contribution < 1.29 is 6.35 Å². The van der Waals surface area contributed by atoms with Gasteiger partial charge in [0, 0.05) is 33.7 Å². The van der Waals surface area contributed by atoms with Crippen LogP contribution in [0.3, 0.4) is 0 Å². The fourth-order valence-corrected chi connectivity index (χ4v) is 3.47. The van der Waals surface area contributed by atoms with E-state index in [1.165, 1.54) is 0 Å². The van der Waals surface area contributed by atoms with Gasteiger partial charge in [-0.25, -0.2) is 9.98 Å². The van der Waals surface area contributed by atoms with E-state index in [0.29, 0.717) is 5.92 Å². The van der Waals surface area contributed by atoms with E-state index in [9.17, 15) is 10.1 Å². The summed E-state index contributed by atoms with van der Waals surface area (Å²) in [7, 11) is 1.96. The quantitative estimate of drug-likeness (QED) is 0.691. The van der Waals surface area contributed by atoms with E-state index < -0.39 is 0 Å². The Labute approximate surface area is 140 Å². The minimum absolute atomic E-state index is 0. The number of nitrogens with one attached hydrogen (secondary N) is 1. The largest absolute Gasteiger partial charge is 0.331 e. The number of aryl methyl sites for hydroxylation is 1. The zero-order chi connectivity index (χ0) is 16.7. The summed E-state index contributed by atoms with van der Waals surface area (Å²) in [6.45, 7) is 1.80. The lowest BCUT2D eigenvalue weighted by Gasteiger charge is -2.26. The number of anilines is 1. The minimum atomic E-state index is -0.364. The molecule has 0 radical (unpaired) electrons. The van der Waals surface area contributed by atoms with Crippen LogP contribution >= 0.6 is 0 Å². The Morgan fingerprint density at radius 2 is 2.17 bits per heavy atom. The molecule has 2 aliphatic heterocycles. The second-order valence-electron chi connectivity index (χ2n) is 6.21. The summed E-state index contributed by atoms with van der Waals surface area (Å²) in [5.74, 6) is 1.34. The molecule has 8 nitrogen and oxygen atoms in total. The number of aromatic nitrogens is 2. The predicted molar refractivity (Wildman–Crippen MR) is 92.2 cm³/mol. The van der Waals surface area contributed by atoms with E-state index in [1.807, 2.05) is 23.7 Å². The molecule has 1 aromatic heterocycles. The van der Waals surface area contributed by atoms with Gasteiger partial charge in [-0.2, -0.15) is 0 Å². The third kappa shape index (κ3) is 2.44. The molecule has 2 unspecified atom stereocenters. The first kappa shape index (κ1) is 14.8. The van der Waals surface area contributed by atoms with Gasteiger partial charge in [0.05, 0.1) is 17.6 Å². The first-order chi connectivity index (χ1) is 11.6. The molecule has 0 aliphatic carbocycles. The van der Waals surface area contributed by atoms with Gasteiger partial charge in [-0.1, -0.05) is 12.1 Å². The lowest BCUT2D eigenvalue weighted by Crippen LogP contribution is -2.28. The summed E-state index contributed by atoms with van der Waals surface area (Å²) >= 11 is 0. The van der Waals surface area contributed by atoms with Crippen LogP contribution in [0, 0.1) is 10.1 Å². The van der Waals surface area contributed by atoms with Gasteiger partial charge >= 0.3 is 0 Å². The number of fused-ring (bicyclic) bond motifs is 1. The van der Waals surface area contributed by atoms with Gasteiger partial charge in [-0.05, 0) is 17.9 Å². The average Bonchev–Trinajstić information content (AvgIpc) is 3.22. The van der Waals surface area contributed by atoms with E-state index >= 15 is 0 Å². The van der Waals surface area contributed by atoms with Crippen molar-refractivity contribution in [1.82, 2.24) is 14.5 Å². The van der Waals surface area contributed by atoms with Gasteiger partial charge < -0.3 is 9.88 Å². The van der Waals surface area contributed by atoms with Crippen LogP contribution < -0.4 is 5.32 Å². The number of rotatable bonds is 3. The Morgan fingerprint density at radius 3 is 2.92 bits per heavy atom. The summed E-state index contributed by atoms with van der Waals surface area (Å²) < 4.78 is 1.96. The number of hydrogen-bond acceptors (Lipinski definition) is 6. The van der Waals surface area contributed by atoms with Crippen LogP contribution in [0.4, 0.5) is 11.5 Å². The van der Waals surface area contributed by atoms with Gasteiger partial charge in [0.2, 0.25) is 0 Å². The van der Waals surface area contributed by atoms with Crippen molar-refractivity contribution >= 4 is 17.8 Å². The second-order valence-corrected chi connectivity index (χ2v) is 6.21. The maximum atomic E-state index is 10.8. The molecule has 1 aromatic carbocycles. The Balaban J connectivity index is 0.00000182. The standard InChI is InChI=1S/C16H18N6O2.H2/c1-20-10-19-14-15(20)17-9-18-16(14)21-7-6-12(8-21)11-2-4-13(5-3-11)22(23)24;/h2-5,9-10,12,16H,6-8H2,1H3,(H,17,18);1H. The van der Waals surface area contributed by atoms with E-state index in [4.69, 9.17) is 0 Å². The van der Waals surface area contributed by atoms with Crippen molar-refractivity contribution in [1.29, 1.82) is 0 Å². The van der Waals surface area contributed by atoms with Crippen LogP contribution in [0.5, 0.6) is 0 Å². The second kappa shape index (κ2) is 5.72. The van der Waals surface area contributed by atoms with Crippen molar-refractivity contribution in [2.45, 2.75) is 18.5 Å². The fraction of sp³-hybridized carbons (Fsp3) is 0.375. The SMILES string of the molecule is Cn1cnc2c1NC=NC2N1CCC(c2ccc([N+](=O)[O-])cc2)C1.[HH]. The highest BCUT2D eigenvalue weighted by Gasteiger charge is 2.33. The van der Waals surface area contributed by atoms with E-state index in [2.05, 4.69) is 20.2 Å². The molecule has 1 N–H and O–H groups in total.